The molecule has 74 valence electrons. The summed E-state index contributed by atoms with van der Waals surface area (Å²) in [5.41, 5.74) is 0. The Bertz CT molecular complexity index is 256. The van der Waals surface area contributed by atoms with Crippen molar-refractivity contribution in [3.63, 3.8) is 0 Å². The fourth-order valence-corrected chi connectivity index (χ4v) is 0.589. The summed E-state index contributed by atoms with van der Waals surface area (Å²) in [6.07, 6.45) is 0. The van der Waals surface area contributed by atoms with E-state index in [0.29, 0.717) is 0 Å². The van der Waals surface area contributed by atoms with Crippen LogP contribution in [0.5, 0.6) is 0 Å². The Morgan fingerprint density at radius 3 is 1.08 bits per heavy atom. The van der Waals surface area contributed by atoms with Crippen molar-refractivity contribution in [2.24, 2.45) is 0 Å². The van der Waals surface area contributed by atoms with Gasteiger partial charge in [-0.25, -0.2) is 0 Å². The van der Waals surface area contributed by atoms with Crippen LogP contribution in [0.15, 0.2) is 36.4 Å². The van der Waals surface area contributed by atoms with Gasteiger partial charge >= 0.3 is 10.4 Å². The van der Waals surface area contributed by atoms with Crippen molar-refractivity contribution >= 4 is 10.4 Å². The van der Waals surface area contributed by atoms with Crippen LogP contribution in [0.3, 0.4) is 0 Å². The Labute approximate surface area is 78.4 Å². The van der Waals surface area contributed by atoms with Gasteiger partial charge in [0.05, 0.1) is 14.2 Å². The van der Waals surface area contributed by atoms with E-state index in [9.17, 15) is 8.42 Å². The first-order chi connectivity index (χ1) is 6.12. The van der Waals surface area contributed by atoms with E-state index in [1.807, 2.05) is 36.4 Å². The van der Waals surface area contributed by atoms with E-state index >= 15 is 0 Å². The summed E-state index contributed by atoms with van der Waals surface area (Å²) in [7, 11) is -1.60. The molecule has 0 bridgehead atoms. The molecule has 5 heteroatoms. The molecule has 0 radical (unpaired) electrons. The summed E-state index contributed by atoms with van der Waals surface area (Å²) in [6, 6.07) is 12.0. The van der Waals surface area contributed by atoms with E-state index in [2.05, 4.69) is 8.37 Å². The van der Waals surface area contributed by atoms with Crippen molar-refractivity contribution in [1.82, 2.24) is 0 Å². The summed E-state index contributed by atoms with van der Waals surface area (Å²) in [5.74, 6) is 0. The van der Waals surface area contributed by atoms with Crippen LogP contribution in [-0.2, 0) is 18.8 Å². The molecule has 0 amide bonds. The summed E-state index contributed by atoms with van der Waals surface area (Å²) >= 11 is 0. The first kappa shape index (κ1) is 12.1. The van der Waals surface area contributed by atoms with Crippen molar-refractivity contribution < 1.29 is 16.8 Å². The topological polar surface area (TPSA) is 52.6 Å². The van der Waals surface area contributed by atoms with Crippen LogP contribution in [-0.4, -0.2) is 22.6 Å². The molecule has 4 nitrogen and oxygen atoms in total. The van der Waals surface area contributed by atoms with Gasteiger partial charge in [0.15, 0.2) is 0 Å². The highest BCUT2D eigenvalue weighted by Crippen LogP contribution is 1.85. The largest absolute Gasteiger partial charge is 0.399 e. The van der Waals surface area contributed by atoms with Crippen LogP contribution >= 0.6 is 0 Å². The minimum absolute atomic E-state index is 1.03. The van der Waals surface area contributed by atoms with Gasteiger partial charge in [0.25, 0.3) is 0 Å². The smallest absolute Gasteiger partial charge is 0.252 e. The Morgan fingerprint density at radius 2 is 1.00 bits per heavy atom. The minimum Gasteiger partial charge on any atom is -0.252 e. The number of benzene rings is 1. The van der Waals surface area contributed by atoms with Gasteiger partial charge in [-0.1, -0.05) is 36.4 Å². The zero-order chi connectivity index (χ0) is 10.2. The molecule has 13 heavy (non-hydrogen) atoms. The fourth-order valence-electron chi connectivity index (χ4n) is 0.453. The van der Waals surface area contributed by atoms with Crippen LogP contribution in [0.4, 0.5) is 0 Å². The standard InChI is InChI=1S/C6H6.C2H6O4S/c1-2-4-6-5-3-1;1-5-7(3,4)6-2/h1-6H;1-2H3. The molecule has 0 spiro atoms. The minimum atomic E-state index is -3.66. The van der Waals surface area contributed by atoms with Gasteiger partial charge in [0.2, 0.25) is 0 Å². The molecular formula is C8H12O4S. The summed E-state index contributed by atoms with van der Waals surface area (Å²) in [5, 5.41) is 0. The van der Waals surface area contributed by atoms with Crippen LogP contribution in [0.2, 0.25) is 0 Å². The molecular weight excluding hydrogens is 192 g/mol. The summed E-state index contributed by atoms with van der Waals surface area (Å²) in [4.78, 5) is 0. The zero-order valence-corrected chi connectivity index (χ0v) is 8.32. The fraction of sp³-hybridized carbons (Fsp3) is 0.250. The maximum Gasteiger partial charge on any atom is 0.399 e. The highest BCUT2D eigenvalue weighted by molar-refractivity contribution is 7.81. The quantitative estimate of drug-likeness (QED) is 0.726. The second kappa shape index (κ2) is 6.59. The van der Waals surface area contributed by atoms with Gasteiger partial charge in [-0.3, -0.25) is 8.37 Å². The third-order valence-corrected chi connectivity index (χ3v) is 1.89. The van der Waals surface area contributed by atoms with Gasteiger partial charge in [-0.15, -0.1) is 0 Å². The second-order valence-corrected chi connectivity index (χ2v) is 3.38. The Kier molecular flexibility index (Phi) is 6.13. The van der Waals surface area contributed by atoms with E-state index < -0.39 is 10.4 Å². The van der Waals surface area contributed by atoms with E-state index in [-0.39, 0.29) is 0 Å². The molecule has 0 atom stereocenters. The lowest BCUT2D eigenvalue weighted by Crippen LogP contribution is -2.02. The van der Waals surface area contributed by atoms with E-state index in [0.717, 1.165) is 14.2 Å². The van der Waals surface area contributed by atoms with E-state index in [1.165, 1.54) is 0 Å². The van der Waals surface area contributed by atoms with Gasteiger partial charge in [-0.05, 0) is 0 Å². The van der Waals surface area contributed by atoms with Gasteiger partial charge in [0, 0.05) is 0 Å². The lowest BCUT2D eigenvalue weighted by molar-refractivity contribution is 0.286. The Balaban J connectivity index is 0.000000223. The molecule has 0 aliphatic rings. The first-order valence-corrected chi connectivity index (χ1v) is 4.82. The highest BCUT2D eigenvalue weighted by atomic mass is 32.3. The predicted molar refractivity (Wildman–Crippen MR) is 49.4 cm³/mol. The van der Waals surface area contributed by atoms with Crippen molar-refractivity contribution in [2.45, 2.75) is 0 Å². The third-order valence-electron chi connectivity index (χ3n) is 1.07. The van der Waals surface area contributed by atoms with Gasteiger partial charge in [0.1, 0.15) is 0 Å². The molecule has 0 aromatic heterocycles. The molecule has 0 saturated heterocycles. The van der Waals surface area contributed by atoms with Crippen LogP contribution in [0, 0.1) is 0 Å². The van der Waals surface area contributed by atoms with Crippen molar-refractivity contribution in [3.8, 4) is 0 Å². The molecule has 0 heterocycles. The number of hydrogen-bond donors (Lipinski definition) is 0. The lowest BCUT2D eigenvalue weighted by atomic mass is 10.4. The average Bonchev–Trinajstić information content (AvgIpc) is 2.21. The van der Waals surface area contributed by atoms with Gasteiger partial charge in [-0.2, -0.15) is 8.42 Å². The number of rotatable bonds is 2. The highest BCUT2D eigenvalue weighted by Gasteiger charge is 2.01. The molecule has 1 aromatic rings. The third kappa shape index (κ3) is 7.45. The van der Waals surface area contributed by atoms with E-state index in [1.54, 1.807) is 0 Å². The molecule has 1 rings (SSSR count). The molecule has 0 saturated carbocycles. The summed E-state index contributed by atoms with van der Waals surface area (Å²) < 4.78 is 27.5. The van der Waals surface area contributed by atoms with Crippen LogP contribution in [0.25, 0.3) is 0 Å². The Hall–Kier alpha value is -0.910. The predicted octanol–water partition coefficient (Wildman–Crippen LogP) is 1.21. The van der Waals surface area contributed by atoms with Gasteiger partial charge < -0.3 is 0 Å². The van der Waals surface area contributed by atoms with Crippen LogP contribution < -0.4 is 0 Å². The SMILES string of the molecule is COS(=O)(=O)OC.c1ccccc1. The normalized spacial score (nSPS) is 10.0. The summed E-state index contributed by atoms with van der Waals surface area (Å²) in [6.45, 7) is 0. The zero-order valence-electron chi connectivity index (χ0n) is 7.51. The molecule has 0 N–H and O–H groups in total. The Morgan fingerprint density at radius 1 is 0.769 bits per heavy atom. The van der Waals surface area contributed by atoms with Crippen molar-refractivity contribution in [3.05, 3.63) is 36.4 Å². The second-order valence-electron chi connectivity index (χ2n) is 1.90. The van der Waals surface area contributed by atoms with Crippen LogP contribution in [0.1, 0.15) is 0 Å². The van der Waals surface area contributed by atoms with Crippen molar-refractivity contribution in [1.29, 1.82) is 0 Å². The molecule has 0 fully saturated rings. The number of hydrogen-bond acceptors (Lipinski definition) is 4. The maximum absolute atomic E-state index is 9.92. The monoisotopic (exact) mass is 204 g/mol. The molecule has 0 aliphatic carbocycles. The first-order valence-electron chi connectivity index (χ1n) is 3.48. The average molecular weight is 204 g/mol. The maximum atomic E-state index is 9.92. The molecule has 0 unspecified atom stereocenters. The molecule has 0 aliphatic heterocycles. The van der Waals surface area contributed by atoms with E-state index in [4.69, 9.17) is 0 Å². The lowest BCUT2D eigenvalue weighted by Gasteiger charge is -1.91. The molecule has 1 aromatic carbocycles. The van der Waals surface area contributed by atoms with Crippen molar-refractivity contribution in [2.75, 3.05) is 14.2 Å².